The molecule has 0 bridgehead atoms. The van der Waals surface area contributed by atoms with E-state index < -0.39 is 0 Å². The highest BCUT2D eigenvalue weighted by Crippen LogP contribution is 2.48. The van der Waals surface area contributed by atoms with Crippen LogP contribution in [0.3, 0.4) is 0 Å². The molecule has 0 atom stereocenters. The first-order chi connectivity index (χ1) is 5.77. The first-order valence-electron chi connectivity index (χ1n) is 4.48. The first-order valence-corrected chi connectivity index (χ1v) is 4.48. The maximum atomic E-state index is 3.89. The average molecular weight is 158 g/mol. The molecule has 0 heteroatoms. The lowest BCUT2D eigenvalue weighted by Gasteiger charge is -2.09. The van der Waals surface area contributed by atoms with Gasteiger partial charge in [-0.05, 0) is 25.3 Å². The third kappa shape index (κ3) is 1.08. The van der Waals surface area contributed by atoms with Crippen molar-refractivity contribution in [2.45, 2.75) is 25.2 Å². The topological polar surface area (TPSA) is 0 Å². The molecule has 0 N–H and O–H groups in total. The van der Waals surface area contributed by atoms with Gasteiger partial charge in [0.1, 0.15) is 0 Å². The molecule has 1 aromatic rings. The molecule has 0 amide bonds. The van der Waals surface area contributed by atoms with Crippen LogP contribution in [-0.2, 0) is 5.41 Å². The zero-order valence-corrected chi connectivity index (χ0v) is 7.51. The minimum atomic E-state index is 0.341. The maximum Gasteiger partial charge on any atom is 0.0130 e. The van der Waals surface area contributed by atoms with Crippen molar-refractivity contribution < 1.29 is 0 Å². The van der Waals surface area contributed by atoms with Crippen LogP contribution < -0.4 is 0 Å². The minimum absolute atomic E-state index is 0.341. The van der Waals surface area contributed by atoms with E-state index in [2.05, 4.69) is 43.8 Å². The highest BCUT2D eigenvalue weighted by atomic mass is 14.4. The quantitative estimate of drug-likeness (QED) is 0.580. The normalized spacial score (nSPS) is 18.8. The zero-order chi connectivity index (χ0) is 8.60. The Bertz CT molecular complexity index is 288. The van der Waals surface area contributed by atoms with E-state index >= 15 is 0 Å². The molecule has 0 nitrogen and oxygen atoms in total. The molecule has 1 aromatic carbocycles. The standard InChI is InChI=1S/C12H14/c1-3-12(8-9-12)11-6-4-10(2)5-7-11/h3-7H,1,8-9H2,2H3. The summed E-state index contributed by atoms with van der Waals surface area (Å²) in [6, 6.07) is 8.81. The lowest BCUT2D eigenvalue weighted by atomic mass is 9.95. The van der Waals surface area contributed by atoms with E-state index in [-0.39, 0.29) is 0 Å². The molecule has 0 aliphatic heterocycles. The van der Waals surface area contributed by atoms with Crippen LogP contribution in [0, 0.1) is 6.92 Å². The molecule has 62 valence electrons. The molecule has 12 heavy (non-hydrogen) atoms. The Morgan fingerprint density at radius 2 is 1.83 bits per heavy atom. The summed E-state index contributed by atoms with van der Waals surface area (Å²) in [6.07, 6.45) is 4.65. The van der Waals surface area contributed by atoms with Crippen LogP contribution in [0.15, 0.2) is 36.9 Å². The predicted molar refractivity (Wildman–Crippen MR) is 52.3 cm³/mol. The van der Waals surface area contributed by atoms with Crippen molar-refractivity contribution in [2.75, 3.05) is 0 Å². The van der Waals surface area contributed by atoms with Gasteiger partial charge in [0.2, 0.25) is 0 Å². The minimum Gasteiger partial charge on any atom is -0.102 e. The molecule has 0 radical (unpaired) electrons. The van der Waals surface area contributed by atoms with Gasteiger partial charge >= 0.3 is 0 Å². The van der Waals surface area contributed by atoms with Gasteiger partial charge in [-0.1, -0.05) is 35.9 Å². The van der Waals surface area contributed by atoms with E-state index in [0.29, 0.717) is 5.41 Å². The van der Waals surface area contributed by atoms with Crippen molar-refractivity contribution in [2.24, 2.45) is 0 Å². The van der Waals surface area contributed by atoms with Crippen LogP contribution in [0.5, 0.6) is 0 Å². The SMILES string of the molecule is C=CC1(c2ccc(C)cc2)CC1. The highest BCUT2D eigenvalue weighted by Gasteiger charge is 2.40. The summed E-state index contributed by atoms with van der Waals surface area (Å²) in [7, 11) is 0. The third-order valence-corrected chi connectivity index (χ3v) is 2.81. The smallest absolute Gasteiger partial charge is 0.0130 e. The molecule has 1 fully saturated rings. The number of allylic oxidation sites excluding steroid dienone is 1. The Morgan fingerprint density at radius 1 is 1.25 bits per heavy atom. The Labute approximate surface area is 73.9 Å². The van der Waals surface area contributed by atoms with E-state index in [1.165, 1.54) is 24.0 Å². The summed E-state index contributed by atoms with van der Waals surface area (Å²) >= 11 is 0. The van der Waals surface area contributed by atoms with E-state index in [0.717, 1.165) is 0 Å². The molecule has 0 unspecified atom stereocenters. The molecule has 0 heterocycles. The Morgan fingerprint density at radius 3 is 2.25 bits per heavy atom. The van der Waals surface area contributed by atoms with Gasteiger partial charge in [0.15, 0.2) is 0 Å². The van der Waals surface area contributed by atoms with E-state index in [1.54, 1.807) is 0 Å². The van der Waals surface area contributed by atoms with Crippen LogP contribution in [0.4, 0.5) is 0 Å². The zero-order valence-electron chi connectivity index (χ0n) is 7.51. The third-order valence-electron chi connectivity index (χ3n) is 2.81. The number of benzene rings is 1. The summed E-state index contributed by atoms with van der Waals surface area (Å²) in [5.74, 6) is 0. The van der Waals surface area contributed by atoms with Gasteiger partial charge in [0.05, 0.1) is 0 Å². The largest absolute Gasteiger partial charge is 0.102 e. The second-order valence-electron chi connectivity index (χ2n) is 3.73. The molecule has 0 aromatic heterocycles. The summed E-state index contributed by atoms with van der Waals surface area (Å²) in [4.78, 5) is 0. The number of hydrogen-bond donors (Lipinski definition) is 0. The summed E-state index contributed by atoms with van der Waals surface area (Å²) in [5, 5.41) is 0. The van der Waals surface area contributed by atoms with Gasteiger partial charge in [-0.15, -0.1) is 6.58 Å². The van der Waals surface area contributed by atoms with Gasteiger partial charge in [-0.2, -0.15) is 0 Å². The van der Waals surface area contributed by atoms with Crippen LogP contribution >= 0.6 is 0 Å². The summed E-state index contributed by atoms with van der Waals surface area (Å²) in [6.45, 7) is 6.02. The fraction of sp³-hybridized carbons (Fsp3) is 0.333. The van der Waals surface area contributed by atoms with E-state index in [9.17, 15) is 0 Å². The van der Waals surface area contributed by atoms with Crippen molar-refractivity contribution in [3.63, 3.8) is 0 Å². The second kappa shape index (κ2) is 2.48. The van der Waals surface area contributed by atoms with Crippen molar-refractivity contribution in [1.29, 1.82) is 0 Å². The van der Waals surface area contributed by atoms with Crippen molar-refractivity contribution in [1.82, 2.24) is 0 Å². The fourth-order valence-electron chi connectivity index (χ4n) is 1.63. The lowest BCUT2D eigenvalue weighted by Crippen LogP contribution is -2.00. The lowest BCUT2D eigenvalue weighted by molar-refractivity contribution is 0.893. The van der Waals surface area contributed by atoms with E-state index in [4.69, 9.17) is 0 Å². The van der Waals surface area contributed by atoms with Gasteiger partial charge in [0.25, 0.3) is 0 Å². The summed E-state index contributed by atoms with van der Waals surface area (Å²) < 4.78 is 0. The van der Waals surface area contributed by atoms with Crippen LogP contribution in [0.1, 0.15) is 24.0 Å². The van der Waals surface area contributed by atoms with Crippen LogP contribution in [0.25, 0.3) is 0 Å². The van der Waals surface area contributed by atoms with Crippen molar-refractivity contribution in [3.05, 3.63) is 48.0 Å². The highest BCUT2D eigenvalue weighted by molar-refractivity contribution is 5.37. The molecule has 1 aliphatic rings. The maximum absolute atomic E-state index is 3.89. The molecular formula is C12H14. The van der Waals surface area contributed by atoms with Crippen molar-refractivity contribution in [3.8, 4) is 0 Å². The monoisotopic (exact) mass is 158 g/mol. The van der Waals surface area contributed by atoms with Crippen molar-refractivity contribution >= 4 is 0 Å². The Kier molecular flexibility index (Phi) is 1.57. The van der Waals surface area contributed by atoms with Crippen LogP contribution in [-0.4, -0.2) is 0 Å². The second-order valence-corrected chi connectivity index (χ2v) is 3.73. The molecule has 0 spiro atoms. The fourth-order valence-corrected chi connectivity index (χ4v) is 1.63. The molecule has 0 saturated heterocycles. The Hall–Kier alpha value is -1.04. The van der Waals surface area contributed by atoms with Gasteiger partial charge in [-0.25, -0.2) is 0 Å². The van der Waals surface area contributed by atoms with Gasteiger partial charge in [0, 0.05) is 5.41 Å². The van der Waals surface area contributed by atoms with E-state index in [1.807, 2.05) is 0 Å². The molecule has 1 aliphatic carbocycles. The Balaban J connectivity index is 2.35. The summed E-state index contributed by atoms with van der Waals surface area (Å²) in [5.41, 5.74) is 3.11. The van der Waals surface area contributed by atoms with Gasteiger partial charge < -0.3 is 0 Å². The van der Waals surface area contributed by atoms with Crippen LogP contribution in [0.2, 0.25) is 0 Å². The molecule has 1 saturated carbocycles. The first kappa shape index (κ1) is 7.60. The molecule has 2 rings (SSSR count). The number of aryl methyl sites for hydroxylation is 1. The number of hydrogen-bond acceptors (Lipinski definition) is 0. The molecular weight excluding hydrogens is 144 g/mol. The average Bonchev–Trinajstić information content (AvgIpc) is 2.86. The van der Waals surface area contributed by atoms with Gasteiger partial charge in [-0.3, -0.25) is 0 Å². The predicted octanol–water partition coefficient (Wildman–Crippen LogP) is 3.21. The number of rotatable bonds is 2.